The lowest BCUT2D eigenvalue weighted by Crippen LogP contribution is -2.33. The second-order valence-electron chi connectivity index (χ2n) is 5.76. The topological polar surface area (TPSA) is 66.5 Å². The Hall–Kier alpha value is -1.67. The van der Waals surface area contributed by atoms with Crippen molar-refractivity contribution in [3.8, 4) is 0 Å². The van der Waals surface area contributed by atoms with Crippen LogP contribution in [0.25, 0.3) is 0 Å². The predicted molar refractivity (Wildman–Crippen MR) is 111 cm³/mol. The Morgan fingerprint density at radius 2 is 1.96 bits per heavy atom. The van der Waals surface area contributed by atoms with E-state index in [9.17, 15) is 0 Å². The Labute approximate surface area is 161 Å². The summed E-state index contributed by atoms with van der Waals surface area (Å²) < 4.78 is 0. The van der Waals surface area contributed by atoms with E-state index in [-0.39, 0.29) is 24.0 Å². The molecule has 0 aliphatic heterocycles. The van der Waals surface area contributed by atoms with Crippen LogP contribution in [0.3, 0.4) is 0 Å². The molecule has 0 saturated heterocycles. The van der Waals surface area contributed by atoms with Crippen LogP contribution in [0.2, 0.25) is 0 Å². The molecule has 0 radical (unpaired) electrons. The van der Waals surface area contributed by atoms with Gasteiger partial charge in [-0.15, -0.1) is 24.0 Å². The first-order valence-electron chi connectivity index (χ1n) is 7.80. The highest BCUT2D eigenvalue weighted by Gasteiger charge is 1.99. The Morgan fingerprint density at radius 1 is 1.17 bits per heavy atom. The molecule has 0 saturated carbocycles. The fourth-order valence-electron chi connectivity index (χ4n) is 2.29. The molecule has 0 bridgehead atoms. The highest BCUT2D eigenvalue weighted by atomic mass is 127. The molecule has 0 fully saturated rings. The first-order valence-corrected chi connectivity index (χ1v) is 7.80. The number of aromatic nitrogens is 1. The molecule has 130 valence electrons. The van der Waals surface area contributed by atoms with Gasteiger partial charge in [0.25, 0.3) is 0 Å². The summed E-state index contributed by atoms with van der Waals surface area (Å²) in [5.41, 5.74) is 9.41. The molecule has 6 heteroatoms. The lowest BCUT2D eigenvalue weighted by molar-refractivity contribution is 0.402. The minimum Gasteiger partial charge on any atom is -0.370 e. The number of guanidine groups is 1. The van der Waals surface area contributed by atoms with Crippen LogP contribution in [0.4, 0.5) is 0 Å². The Morgan fingerprint density at radius 3 is 2.67 bits per heavy atom. The molecule has 1 heterocycles. The summed E-state index contributed by atoms with van der Waals surface area (Å²) in [5.74, 6) is 0.471. The van der Waals surface area contributed by atoms with Crippen molar-refractivity contribution < 1.29 is 0 Å². The zero-order chi connectivity index (χ0) is 16.5. The molecule has 0 spiro atoms. The van der Waals surface area contributed by atoms with E-state index >= 15 is 0 Å². The van der Waals surface area contributed by atoms with Gasteiger partial charge in [0.15, 0.2) is 5.96 Å². The van der Waals surface area contributed by atoms with Crippen molar-refractivity contribution in [2.45, 2.75) is 19.5 Å². The number of halogens is 1. The molecule has 0 aliphatic rings. The summed E-state index contributed by atoms with van der Waals surface area (Å²) in [4.78, 5) is 10.8. The summed E-state index contributed by atoms with van der Waals surface area (Å²) >= 11 is 0. The second kappa shape index (κ2) is 11.0. The van der Waals surface area contributed by atoms with E-state index in [0.717, 1.165) is 25.2 Å². The average Bonchev–Trinajstić information content (AvgIpc) is 2.54. The van der Waals surface area contributed by atoms with E-state index < -0.39 is 0 Å². The van der Waals surface area contributed by atoms with Crippen LogP contribution in [0, 0.1) is 0 Å². The largest absolute Gasteiger partial charge is 0.370 e. The van der Waals surface area contributed by atoms with Crippen LogP contribution in [-0.4, -0.2) is 36.5 Å². The monoisotopic (exact) mass is 439 g/mol. The van der Waals surface area contributed by atoms with Crippen molar-refractivity contribution in [3.05, 3.63) is 65.5 Å². The van der Waals surface area contributed by atoms with Gasteiger partial charge in [-0.05, 0) is 37.4 Å². The maximum absolute atomic E-state index is 5.91. The van der Waals surface area contributed by atoms with Crippen LogP contribution >= 0.6 is 24.0 Å². The fourth-order valence-corrected chi connectivity index (χ4v) is 2.29. The number of aliphatic imine (C=N–C) groups is 1. The van der Waals surface area contributed by atoms with Crippen LogP contribution in [0.1, 0.15) is 16.8 Å². The maximum Gasteiger partial charge on any atom is 0.188 e. The molecule has 2 aromatic rings. The van der Waals surface area contributed by atoms with E-state index in [1.54, 1.807) is 6.20 Å². The average molecular weight is 439 g/mol. The highest BCUT2D eigenvalue weighted by Crippen LogP contribution is 2.08. The van der Waals surface area contributed by atoms with Crippen molar-refractivity contribution in [1.29, 1.82) is 0 Å². The van der Waals surface area contributed by atoms with E-state index in [0.29, 0.717) is 12.5 Å². The number of nitrogens with zero attached hydrogens (tertiary/aromatic N) is 3. The number of rotatable bonds is 7. The third kappa shape index (κ3) is 7.74. The molecular formula is C18H26IN5. The summed E-state index contributed by atoms with van der Waals surface area (Å²) in [6, 6.07) is 14.3. The lowest BCUT2D eigenvalue weighted by Gasteiger charge is -2.10. The summed E-state index contributed by atoms with van der Waals surface area (Å²) in [6.45, 7) is 2.24. The molecule has 0 aliphatic carbocycles. The van der Waals surface area contributed by atoms with E-state index in [4.69, 9.17) is 5.73 Å². The highest BCUT2D eigenvalue weighted by molar-refractivity contribution is 14.0. The molecule has 0 unspecified atom stereocenters. The van der Waals surface area contributed by atoms with Crippen molar-refractivity contribution in [1.82, 2.24) is 15.2 Å². The lowest BCUT2D eigenvalue weighted by atomic mass is 10.1. The van der Waals surface area contributed by atoms with Gasteiger partial charge >= 0.3 is 0 Å². The zero-order valence-corrected chi connectivity index (χ0v) is 16.6. The molecule has 2 rings (SSSR count). The number of nitrogens with one attached hydrogen (secondary N) is 1. The first-order chi connectivity index (χ1) is 11.1. The van der Waals surface area contributed by atoms with Crippen molar-refractivity contribution in [2.75, 3.05) is 20.6 Å². The second-order valence-corrected chi connectivity index (χ2v) is 5.76. The van der Waals surface area contributed by atoms with Crippen LogP contribution < -0.4 is 11.1 Å². The summed E-state index contributed by atoms with van der Waals surface area (Å²) in [7, 11) is 4.13. The van der Waals surface area contributed by atoms with Crippen LogP contribution in [-0.2, 0) is 19.5 Å². The van der Waals surface area contributed by atoms with Crippen molar-refractivity contribution >= 4 is 29.9 Å². The number of benzene rings is 1. The minimum atomic E-state index is 0. The standard InChI is InChI=1S/C18H25N5.HI/c1-23(2)14-16-7-5-6-15(12-16)13-22-18(19)21-11-9-17-8-3-4-10-20-17;/h3-8,10,12H,9,11,13-14H2,1-2H3,(H3,19,21,22);1H. The van der Waals surface area contributed by atoms with Gasteiger partial charge in [-0.3, -0.25) is 4.98 Å². The summed E-state index contributed by atoms with van der Waals surface area (Å²) in [6.07, 6.45) is 2.63. The van der Waals surface area contributed by atoms with Gasteiger partial charge in [-0.1, -0.05) is 30.3 Å². The van der Waals surface area contributed by atoms with Crippen molar-refractivity contribution in [3.63, 3.8) is 0 Å². The van der Waals surface area contributed by atoms with Gasteiger partial charge in [0.2, 0.25) is 0 Å². The number of hydrogen-bond donors (Lipinski definition) is 2. The maximum atomic E-state index is 5.91. The molecule has 5 nitrogen and oxygen atoms in total. The van der Waals surface area contributed by atoms with Gasteiger partial charge < -0.3 is 16.0 Å². The first kappa shape index (κ1) is 20.4. The zero-order valence-electron chi connectivity index (χ0n) is 14.3. The fraction of sp³-hybridized carbons (Fsp3) is 0.333. The molecule has 1 aromatic heterocycles. The third-order valence-corrected chi connectivity index (χ3v) is 3.34. The van der Waals surface area contributed by atoms with E-state index in [1.807, 2.05) is 18.2 Å². The predicted octanol–water partition coefficient (Wildman–Crippen LogP) is 2.41. The Balaban J connectivity index is 0.00000288. The number of hydrogen-bond acceptors (Lipinski definition) is 3. The molecule has 3 N–H and O–H groups in total. The molecule has 1 aromatic carbocycles. The Kier molecular flexibility index (Phi) is 9.33. The molecule has 0 atom stereocenters. The normalized spacial score (nSPS) is 11.2. The minimum absolute atomic E-state index is 0. The Bertz CT molecular complexity index is 628. The third-order valence-electron chi connectivity index (χ3n) is 3.34. The van der Waals surface area contributed by atoms with Crippen molar-refractivity contribution in [2.24, 2.45) is 10.7 Å². The molecule has 24 heavy (non-hydrogen) atoms. The number of nitrogens with two attached hydrogens (primary N) is 1. The number of pyridine rings is 1. The SMILES string of the molecule is CN(C)Cc1cccc(CN=C(N)NCCc2ccccn2)c1.I. The van der Waals surface area contributed by atoms with E-state index in [1.165, 1.54) is 11.1 Å². The van der Waals surface area contributed by atoms with E-state index in [2.05, 4.69) is 58.6 Å². The van der Waals surface area contributed by atoms with Gasteiger partial charge in [-0.2, -0.15) is 0 Å². The van der Waals surface area contributed by atoms with Crippen LogP contribution in [0.15, 0.2) is 53.7 Å². The molecular weight excluding hydrogens is 413 g/mol. The van der Waals surface area contributed by atoms with Gasteiger partial charge in [-0.25, -0.2) is 4.99 Å². The van der Waals surface area contributed by atoms with Gasteiger partial charge in [0.1, 0.15) is 0 Å². The smallest absolute Gasteiger partial charge is 0.188 e. The van der Waals surface area contributed by atoms with Crippen LogP contribution in [0.5, 0.6) is 0 Å². The quantitative estimate of drug-likeness (QED) is 0.395. The molecule has 0 amide bonds. The van der Waals surface area contributed by atoms with Gasteiger partial charge in [0, 0.05) is 31.4 Å². The van der Waals surface area contributed by atoms with Gasteiger partial charge in [0.05, 0.1) is 6.54 Å². The summed E-state index contributed by atoms with van der Waals surface area (Å²) in [5, 5.41) is 3.13.